The number of thioether (sulfide) groups is 1. The first kappa shape index (κ1) is 23.3. The number of carbonyl (C=O) groups excluding carboxylic acids is 1. The number of nitrogens with one attached hydrogen (secondary N) is 1. The van der Waals surface area contributed by atoms with Crippen molar-refractivity contribution in [3.8, 4) is 0 Å². The van der Waals surface area contributed by atoms with Gasteiger partial charge in [-0.05, 0) is 49.2 Å². The van der Waals surface area contributed by atoms with Crippen LogP contribution in [0.1, 0.15) is 45.8 Å². The van der Waals surface area contributed by atoms with Gasteiger partial charge in [-0.3, -0.25) is 4.79 Å². The zero-order chi connectivity index (χ0) is 23.2. The van der Waals surface area contributed by atoms with Gasteiger partial charge >= 0.3 is 7.12 Å². The lowest BCUT2D eigenvalue weighted by molar-refractivity contribution is -0.199. The largest absolute Gasteiger partial charge is 0.482 e. The van der Waals surface area contributed by atoms with E-state index in [4.69, 9.17) is 18.8 Å². The van der Waals surface area contributed by atoms with Gasteiger partial charge in [-0.1, -0.05) is 38.1 Å². The molecule has 1 aromatic carbocycles. The van der Waals surface area contributed by atoms with Crippen LogP contribution < -0.4 is 5.32 Å². The minimum absolute atomic E-state index is 0.0457. The van der Waals surface area contributed by atoms with Gasteiger partial charge in [-0.25, -0.2) is 0 Å². The van der Waals surface area contributed by atoms with Crippen LogP contribution in [0.15, 0.2) is 34.9 Å². The zero-order valence-electron chi connectivity index (χ0n) is 19.7. The molecule has 1 amide bonds. The van der Waals surface area contributed by atoms with Crippen molar-refractivity contribution in [3.63, 3.8) is 0 Å². The van der Waals surface area contributed by atoms with Crippen LogP contribution in [-0.4, -0.2) is 53.9 Å². The number of hydrogen-bond acceptors (Lipinski definition) is 6. The summed E-state index contributed by atoms with van der Waals surface area (Å²) in [5.41, 5.74) is -0.0597. The Morgan fingerprint density at radius 2 is 2.12 bits per heavy atom. The summed E-state index contributed by atoms with van der Waals surface area (Å²) in [6, 6.07) is 8.07. The van der Waals surface area contributed by atoms with E-state index in [1.165, 1.54) is 18.2 Å². The topological polar surface area (TPSA) is 80.9 Å². The monoisotopic (exact) mass is 471 g/mol. The third-order valence-electron chi connectivity index (χ3n) is 8.32. The minimum Gasteiger partial charge on any atom is -0.468 e. The van der Waals surface area contributed by atoms with Crippen LogP contribution in [0.3, 0.4) is 0 Å². The summed E-state index contributed by atoms with van der Waals surface area (Å²) in [6.07, 6.45) is 5.22. The molecule has 1 saturated heterocycles. The van der Waals surface area contributed by atoms with E-state index in [0.717, 1.165) is 28.7 Å². The van der Waals surface area contributed by atoms with Crippen molar-refractivity contribution in [1.82, 2.24) is 5.32 Å². The quantitative estimate of drug-likeness (QED) is 0.427. The molecule has 1 unspecified atom stereocenters. The van der Waals surface area contributed by atoms with Gasteiger partial charge in [0.2, 0.25) is 5.91 Å². The summed E-state index contributed by atoms with van der Waals surface area (Å²) in [7, 11) is -0.509. The van der Waals surface area contributed by atoms with Crippen LogP contribution in [0, 0.1) is 17.3 Å². The van der Waals surface area contributed by atoms with Gasteiger partial charge < -0.3 is 24.1 Å². The van der Waals surface area contributed by atoms with E-state index in [-0.39, 0.29) is 35.6 Å². The summed E-state index contributed by atoms with van der Waals surface area (Å²) in [5, 5.41) is 14.3. The summed E-state index contributed by atoms with van der Waals surface area (Å²) in [5.74, 6) is 2.69. The highest BCUT2D eigenvalue weighted by Gasteiger charge is 2.68. The number of fused-ring (bicyclic) bond motifs is 1. The highest BCUT2D eigenvalue weighted by Crippen LogP contribution is 2.65. The maximum Gasteiger partial charge on any atom is 0.482 e. The zero-order valence-corrected chi connectivity index (χ0v) is 20.5. The average molecular weight is 471 g/mol. The van der Waals surface area contributed by atoms with Gasteiger partial charge in [0.05, 0.1) is 29.7 Å². The molecule has 1 aliphatic heterocycles. The molecule has 178 valence electrons. The number of benzene rings is 1. The van der Waals surface area contributed by atoms with Gasteiger partial charge in [-0.2, -0.15) is 11.8 Å². The fourth-order valence-corrected chi connectivity index (χ4v) is 7.02. The summed E-state index contributed by atoms with van der Waals surface area (Å²) < 4.78 is 19.1. The van der Waals surface area contributed by atoms with E-state index in [2.05, 4.69) is 26.1 Å². The normalized spacial score (nSPS) is 30.7. The molecule has 0 radical (unpaired) electrons. The van der Waals surface area contributed by atoms with Crippen molar-refractivity contribution in [2.75, 3.05) is 18.1 Å². The van der Waals surface area contributed by atoms with Crippen LogP contribution in [-0.2, 0) is 20.5 Å². The fraction of sp³-hybridized carbons (Fsp3) is 0.640. The first-order valence-electron chi connectivity index (χ1n) is 12.1. The molecule has 6 nitrogen and oxygen atoms in total. The SMILES string of the molecule is CC1(C)[C@@H]2C[C@H]3OB(C(Cc4occ5ccccc45)NC(=O)CSCCCO)O[C@@]3(C)[C@H]1C2. The second-order valence-electron chi connectivity index (χ2n) is 10.6. The van der Waals surface area contributed by atoms with E-state index in [9.17, 15) is 4.79 Å². The molecule has 5 atom stereocenters. The third-order valence-corrected chi connectivity index (χ3v) is 9.36. The lowest BCUT2D eigenvalue weighted by Gasteiger charge is -2.64. The molecule has 8 heteroatoms. The molecule has 33 heavy (non-hydrogen) atoms. The number of furan rings is 1. The summed E-state index contributed by atoms with van der Waals surface area (Å²) >= 11 is 1.53. The minimum atomic E-state index is -0.509. The molecule has 2 bridgehead atoms. The Morgan fingerprint density at radius 1 is 1.30 bits per heavy atom. The first-order chi connectivity index (χ1) is 15.8. The van der Waals surface area contributed by atoms with Crippen LogP contribution in [0.2, 0.25) is 0 Å². The van der Waals surface area contributed by atoms with Crippen LogP contribution in [0.4, 0.5) is 0 Å². The van der Waals surface area contributed by atoms with Gasteiger partial charge in [0.15, 0.2) is 0 Å². The third kappa shape index (κ3) is 4.13. The maximum absolute atomic E-state index is 12.8. The highest BCUT2D eigenvalue weighted by molar-refractivity contribution is 7.99. The molecule has 2 aromatic rings. The van der Waals surface area contributed by atoms with Crippen molar-refractivity contribution < 1.29 is 23.6 Å². The van der Waals surface area contributed by atoms with Crippen molar-refractivity contribution >= 4 is 35.6 Å². The molecule has 2 N–H and O–H groups in total. The Kier molecular flexibility index (Phi) is 6.31. The Hall–Kier alpha value is -1.48. The van der Waals surface area contributed by atoms with Crippen molar-refractivity contribution in [2.24, 2.45) is 17.3 Å². The number of amides is 1. The maximum atomic E-state index is 12.8. The van der Waals surface area contributed by atoms with Gasteiger partial charge in [0.25, 0.3) is 0 Å². The van der Waals surface area contributed by atoms with Gasteiger partial charge in [0, 0.05) is 23.8 Å². The van der Waals surface area contributed by atoms with Crippen LogP contribution in [0.5, 0.6) is 0 Å². The fourth-order valence-electron chi connectivity index (χ4n) is 6.28. The summed E-state index contributed by atoms with van der Waals surface area (Å²) in [6.45, 7) is 7.04. The molecule has 6 rings (SSSR count). The molecule has 4 aliphatic rings. The molecular weight excluding hydrogens is 437 g/mol. The van der Waals surface area contributed by atoms with Gasteiger partial charge in [-0.15, -0.1) is 0 Å². The highest BCUT2D eigenvalue weighted by atomic mass is 32.2. The second-order valence-corrected chi connectivity index (χ2v) is 11.7. The molecule has 1 aromatic heterocycles. The number of aliphatic hydroxyl groups excluding tert-OH is 1. The van der Waals surface area contributed by atoms with E-state index < -0.39 is 7.12 Å². The smallest absolute Gasteiger partial charge is 0.468 e. The number of carbonyl (C=O) groups is 1. The average Bonchev–Trinajstić information content (AvgIpc) is 3.36. The first-order valence-corrected chi connectivity index (χ1v) is 13.2. The molecular formula is C25H34BNO5S. The standard InChI is InChI=1S/C25H34BNO5S/c1-24(2)17-11-20(24)25(3)21(12-17)31-26(32-25)22(27-23(29)15-33-10-6-9-28)13-19-18-8-5-4-7-16(18)14-30-19/h4-5,7-8,14,17,20-22,28H,6,9-13,15H2,1-3H3,(H,27,29)/t17-,20-,21+,22?,25-/m0/s1. The van der Waals surface area contributed by atoms with Crippen molar-refractivity contribution in [2.45, 2.75) is 64.1 Å². The Balaban J connectivity index is 1.34. The van der Waals surface area contributed by atoms with Crippen molar-refractivity contribution in [3.05, 3.63) is 36.3 Å². The Labute approximate surface area is 200 Å². The molecule has 4 fully saturated rings. The number of rotatable bonds is 9. The van der Waals surface area contributed by atoms with E-state index in [1.807, 2.05) is 24.3 Å². The van der Waals surface area contributed by atoms with Crippen LogP contribution >= 0.6 is 11.8 Å². The van der Waals surface area contributed by atoms with E-state index in [1.54, 1.807) is 6.26 Å². The lowest BCUT2D eigenvalue weighted by Crippen LogP contribution is -2.65. The summed E-state index contributed by atoms with van der Waals surface area (Å²) in [4.78, 5) is 12.8. The number of aliphatic hydroxyl groups is 1. The van der Waals surface area contributed by atoms with E-state index >= 15 is 0 Å². The molecule has 2 heterocycles. The van der Waals surface area contributed by atoms with Crippen molar-refractivity contribution in [1.29, 1.82) is 0 Å². The predicted molar refractivity (Wildman–Crippen MR) is 131 cm³/mol. The number of hydrogen-bond donors (Lipinski definition) is 2. The lowest BCUT2D eigenvalue weighted by atomic mass is 9.43. The predicted octanol–water partition coefficient (Wildman–Crippen LogP) is 3.84. The second kappa shape index (κ2) is 8.95. The molecule has 3 aliphatic carbocycles. The van der Waals surface area contributed by atoms with Crippen LogP contribution in [0.25, 0.3) is 10.8 Å². The molecule has 3 saturated carbocycles. The Morgan fingerprint density at radius 3 is 2.91 bits per heavy atom. The Bertz CT molecular complexity index is 1010. The van der Waals surface area contributed by atoms with Gasteiger partial charge in [0.1, 0.15) is 5.76 Å². The van der Waals surface area contributed by atoms with E-state index in [0.29, 0.717) is 30.4 Å². The molecule has 0 spiro atoms.